The van der Waals surface area contributed by atoms with Crippen LogP contribution >= 0.6 is 12.6 Å². The fraction of sp³-hybridized carbons (Fsp3) is 0.533. The van der Waals surface area contributed by atoms with Crippen molar-refractivity contribution in [1.82, 2.24) is 9.80 Å². The summed E-state index contributed by atoms with van der Waals surface area (Å²) in [4.78, 5) is 17.7. The number of carbonyl (C=O) groups is 1. The van der Waals surface area contributed by atoms with E-state index in [0.29, 0.717) is 6.04 Å². The molecular weight excluding hydrogens is 272 g/mol. The van der Waals surface area contributed by atoms with Crippen LogP contribution in [0.4, 0.5) is 0 Å². The zero-order valence-electron chi connectivity index (χ0n) is 11.5. The molecular formula is C15H20N2O2S. The zero-order chi connectivity index (χ0) is 13.9. The van der Waals surface area contributed by atoms with Crippen LogP contribution in [0, 0.1) is 0 Å². The summed E-state index contributed by atoms with van der Waals surface area (Å²) in [6.45, 7) is 5.29. The summed E-state index contributed by atoms with van der Waals surface area (Å²) in [5.74, 6) is 0.133. The number of ether oxygens (including phenoxy) is 1. The first-order valence-corrected chi connectivity index (χ1v) is 7.59. The van der Waals surface area contributed by atoms with Crippen molar-refractivity contribution in [3.63, 3.8) is 0 Å². The highest BCUT2D eigenvalue weighted by molar-refractivity contribution is 7.80. The number of amides is 1. The van der Waals surface area contributed by atoms with Crippen molar-refractivity contribution >= 4 is 18.5 Å². The summed E-state index contributed by atoms with van der Waals surface area (Å²) in [7, 11) is 0. The Morgan fingerprint density at radius 2 is 1.85 bits per heavy atom. The summed E-state index contributed by atoms with van der Waals surface area (Å²) >= 11 is 4.25. The highest BCUT2D eigenvalue weighted by atomic mass is 32.1. The van der Waals surface area contributed by atoms with Crippen molar-refractivity contribution in [2.75, 3.05) is 39.4 Å². The van der Waals surface area contributed by atoms with Crippen molar-refractivity contribution in [1.29, 1.82) is 0 Å². The van der Waals surface area contributed by atoms with Crippen LogP contribution in [0.15, 0.2) is 29.2 Å². The maximum absolute atomic E-state index is 12.4. The Balaban J connectivity index is 1.61. The number of rotatable bonds is 2. The van der Waals surface area contributed by atoms with Crippen LogP contribution in [-0.2, 0) is 4.74 Å². The normalized spacial score (nSPS) is 24.1. The van der Waals surface area contributed by atoms with Crippen LogP contribution in [0.1, 0.15) is 16.8 Å². The van der Waals surface area contributed by atoms with Crippen molar-refractivity contribution in [3.05, 3.63) is 29.8 Å². The SMILES string of the molecule is O=C(c1ccc(S)cc1)N1CCC(N2CCOCC2)C1. The van der Waals surface area contributed by atoms with Gasteiger partial charge in [-0.05, 0) is 30.7 Å². The summed E-state index contributed by atoms with van der Waals surface area (Å²) in [5, 5.41) is 0. The predicted octanol–water partition coefficient (Wildman–Crippen LogP) is 1.52. The van der Waals surface area contributed by atoms with E-state index >= 15 is 0 Å². The van der Waals surface area contributed by atoms with Crippen LogP contribution in [-0.4, -0.2) is 61.1 Å². The van der Waals surface area contributed by atoms with Gasteiger partial charge in [0, 0.05) is 42.7 Å². The molecule has 0 aliphatic carbocycles. The van der Waals surface area contributed by atoms with E-state index in [2.05, 4.69) is 17.5 Å². The number of carbonyl (C=O) groups excluding carboxylic acids is 1. The zero-order valence-corrected chi connectivity index (χ0v) is 12.4. The van der Waals surface area contributed by atoms with Gasteiger partial charge in [0.2, 0.25) is 0 Å². The molecule has 0 radical (unpaired) electrons. The molecule has 0 spiro atoms. The van der Waals surface area contributed by atoms with Crippen LogP contribution in [0.2, 0.25) is 0 Å². The van der Waals surface area contributed by atoms with Crippen LogP contribution in [0.25, 0.3) is 0 Å². The second-order valence-corrected chi connectivity index (χ2v) is 5.91. The van der Waals surface area contributed by atoms with Gasteiger partial charge in [-0.3, -0.25) is 9.69 Å². The molecule has 5 heteroatoms. The van der Waals surface area contributed by atoms with E-state index in [-0.39, 0.29) is 5.91 Å². The van der Waals surface area contributed by atoms with Crippen molar-refractivity contribution in [3.8, 4) is 0 Å². The molecule has 2 aliphatic heterocycles. The first kappa shape index (κ1) is 13.9. The third-order valence-electron chi connectivity index (χ3n) is 4.13. The molecule has 1 amide bonds. The second-order valence-electron chi connectivity index (χ2n) is 5.39. The quantitative estimate of drug-likeness (QED) is 0.839. The van der Waals surface area contributed by atoms with E-state index in [0.717, 1.165) is 56.3 Å². The highest BCUT2D eigenvalue weighted by Crippen LogP contribution is 2.19. The van der Waals surface area contributed by atoms with Gasteiger partial charge in [-0.15, -0.1) is 12.6 Å². The van der Waals surface area contributed by atoms with E-state index in [1.165, 1.54) is 0 Å². The molecule has 1 atom stereocenters. The lowest BCUT2D eigenvalue weighted by molar-refractivity contribution is 0.0185. The van der Waals surface area contributed by atoms with Gasteiger partial charge in [0.05, 0.1) is 13.2 Å². The molecule has 0 saturated carbocycles. The largest absolute Gasteiger partial charge is 0.379 e. The van der Waals surface area contributed by atoms with Gasteiger partial charge in [0.25, 0.3) is 5.91 Å². The topological polar surface area (TPSA) is 32.8 Å². The molecule has 1 unspecified atom stereocenters. The molecule has 0 N–H and O–H groups in total. The van der Waals surface area contributed by atoms with Gasteiger partial charge >= 0.3 is 0 Å². The van der Waals surface area contributed by atoms with Crippen molar-refractivity contribution < 1.29 is 9.53 Å². The summed E-state index contributed by atoms with van der Waals surface area (Å²) in [6.07, 6.45) is 1.07. The summed E-state index contributed by atoms with van der Waals surface area (Å²) in [5.41, 5.74) is 0.755. The molecule has 0 aromatic heterocycles. The molecule has 20 heavy (non-hydrogen) atoms. The number of morpholine rings is 1. The predicted molar refractivity (Wildman–Crippen MR) is 80.4 cm³/mol. The van der Waals surface area contributed by atoms with Gasteiger partial charge in [-0.25, -0.2) is 0 Å². The Hall–Kier alpha value is -1.04. The summed E-state index contributed by atoms with van der Waals surface area (Å²) in [6, 6.07) is 7.93. The molecule has 1 aromatic carbocycles. The molecule has 0 bridgehead atoms. The fourth-order valence-corrected chi connectivity index (χ4v) is 3.10. The number of benzene rings is 1. The van der Waals surface area contributed by atoms with Crippen LogP contribution in [0.5, 0.6) is 0 Å². The molecule has 2 saturated heterocycles. The van der Waals surface area contributed by atoms with E-state index in [9.17, 15) is 4.79 Å². The minimum Gasteiger partial charge on any atom is -0.379 e. The van der Waals surface area contributed by atoms with Crippen molar-refractivity contribution in [2.24, 2.45) is 0 Å². The molecule has 2 aliphatic rings. The average Bonchev–Trinajstić information content (AvgIpc) is 2.98. The Kier molecular flexibility index (Phi) is 4.29. The Labute approximate surface area is 125 Å². The second kappa shape index (κ2) is 6.16. The molecule has 2 heterocycles. The number of hydrogen-bond acceptors (Lipinski definition) is 4. The Morgan fingerprint density at radius 3 is 2.55 bits per heavy atom. The van der Waals surface area contributed by atoms with E-state index < -0.39 is 0 Å². The van der Waals surface area contributed by atoms with Gasteiger partial charge in [-0.1, -0.05) is 0 Å². The molecule has 1 aromatic rings. The lowest BCUT2D eigenvalue weighted by Crippen LogP contribution is -2.45. The van der Waals surface area contributed by atoms with Crippen LogP contribution < -0.4 is 0 Å². The number of nitrogens with zero attached hydrogens (tertiary/aromatic N) is 2. The number of likely N-dealkylation sites (tertiary alicyclic amines) is 1. The standard InChI is InChI=1S/C15H20N2O2S/c18-15(12-1-3-14(20)4-2-12)17-6-5-13(11-17)16-7-9-19-10-8-16/h1-4,13,20H,5-11H2. The molecule has 4 nitrogen and oxygen atoms in total. The van der Waals surface area contributed by atoms with Gasteiger partial charge in [0.15, 0.2) is 0 Å². The lowest BCUT2D eigenvalue weighted by atomic mass is 10.2. The maximum Gasteiger partial charge on any atom is 0.253 e. The maximum atomic E-state index is 12.4. The van der Waals surface area contributed by atoms with Crippen molar-refractivity contribution in [2.45, 2.75) is 17.4 Å². The first-order valence-electron chi connectivity index (χ1n) is 7.14. The minimum atomic E-state index is 0.133. The monoisotopic (exact) mass is 292 g/mol. The van der Waals surface area contributed by atoms with E-state index in [1.54, 1.807) is 0 Å². The number of hydrogen-bond donors (Lipinski definition) is 1. The third-order valence-corrected chi connectivity index (χ3v) is 4.43. The summed E-state index contributed by atoms with van der Waals surface area (Å²) < 4.78 is 5.38. The number of thiol groups is 1. The first-order chi connectivity index (χ1) is 9.74. The lowest BCUT2D eigenvalue weighted by Gasteiger charge is -2.32. The Morgan fingerprint density at radius 1 is 1.15 bits per heavy atom. The third kappa shape index (κ3) is 3.00. The minimum absolute atomic E-state index is 0.133. The average molecular weight is 292 g/mol. The van der Waals surface area contributed by atoms with E-state index in [4.69, 9.17) is 4.74 Å². The van der Waals surface area contributed by atoms with Gasteiger partial charge in [0.1, 0.15) is 0 Å². The molecule has 2 fully saturated rings. The van der Waals surface area contributed by atoms with Gasteiger partial charge in [-0.2, -0.15) is 0 Å². The molecule has 108 valence electrons. The smallest absolute Gasteiger partial charge is 0.253 e. The van der Waals surface area contributed by atoms with Gasteiger partial charge < -0.3 is 9.64 Å². The molecule has 3 rings (SSSR count). The van der Waals surface area contributed by atoms with Crippen LogP contribution in [0.3, 0.4) is 0 Å². The fourth-order valence-electron chi connectivity index (χ4n) is 2.95. The van der Waals surface area contributed by atoms with E-state index in [1.807, 2.05) is 29.2 Å². The highest BCUT2D eigenvalue weighted by Gasteiger charge is 2.31. The Bertz CT molecular complexity index is 471.